The fourth-order valence-corrected chi connectivity index (χ4v) is 3.79. The molecule has 1 fully saturated rings. The van der Waals surface area contributed by atoms with Gasteiger partial charge in [-0.25, -0.2) is 4.79 Å². The van der Waals surface area contributed by atoms with Gasteiger partial charge in [0.1, 0.15) is 6.10 Å². The quantitative estimate of drug-likeness (QED) is 0.867. The Labute approximate surface area is 139 Å². The molecule has 0 bridgehead atoms. The van der Waals surface area contributed by atoms with Gasteiger partial charge < -0.3 is 20.0 Å². The Bertz CT molecular complexity index is 662. The molecule has 0 aromatic heterocycles. The summed E-state index contributed by atoms with van der Waals surface area (Å²) >= 11 is 6.21. The first kappa shape index (κ1) is 16.1. The van der Waals surface area contributed by atoms with Gasteiger partial charge in [-0.15, -0.1) is 0 Å². The molecule has 2 amide bonds. The van der Waals surface area contributed by atoms with Gasteiger partial charge in [0.15, 0.2) is 0 Å². The van der Waals surface area contributed by atoms with Crippen LogP contribution in [0.1, 0.15) is 42.5 Å². The number of likely N-dealkylation sites (tertiary alicyclic amines) is 1. The van der Waals surface area contributed by atoms with Gasteiger partial charge in [0.25, 0.3) is 5.91 Å². The fraction of sp³-hybridized carbons (Fsp3) is 0.500. The van der Waals surface area contributed by atoms with Crippen LogP contribution in [0, 0.1) is 0 Å². The Balaban J connectivity index is 1.96. The van der Waals surface area contributed by atoms with Crippen molar-refractivity contribution in [3.05, 3.63) is 33.8 Å². The largest absolute Gasteiger partial charge is 0.465 e. The summed E-state index contributed by atoms with van der Waals surface area (Å²) in [5, 5.41) is 19.4. The topological polar surface area (TPSA) is 81.1 Å². The number of carboxylic acid groups (broad SMARTS) is 1. The molecular weight excluding hydrogens is 320 g/mol. The molecule has 1 aromatic carbocycles. The van der Waals surface area contributed by atoms with Crippen LogP contribution in [-0.4, -0.2) is 44.7 Å². The Morgan fingerprint density at radius 2 is 2.09 bits per heavy atom. The monoisotopic (exact) mass is 338 g/mol. The molecule has 6 nitrogen and oxygen atoms in total. The zero-order valence-electron chi connectivity index (χ0n) is 12.8. The number of aliphatic hydroxyl groups is 1. The zero-order valence-corrected chi connectivity index (χ0v) is 13.6. The third-order valence-electron chi connectivity index (χ3n) is 4.58. The highest BCUT2D eigenvalue weighted by Gasteiger charge is 2.35. The number of nitrogens with zero attached hydrogens (tertiary/aromatic N) is 2. The van der Waals surface area contributed by atoms with Gasteiger partial charge in [-0.1, -0.05) is 11.6 Å². The standard InChI is InChI=1S/C16H19ClN2O4/c1-9(20)15(21)18-7-10-5-11(17)6-12(13(10)8-18)14-3-2-4-19(14)16(22)23/h5-6,9,14,20H,2-4,7-8H2,1H3,(H,22,23)/t9?,14-/m1/s1. The Kier molecular flexibility index (Phi) is 4.21. The van der Waals surface area contributed by atoms with Crippen LogP contribution in [0.3, 0.4) is 0 Å². The first-order valence-electron chi connectivity index (χ1n) is 7.66. The van der Waals surface area contributed by atoms with E-state index in [1.807, 2.05) is 12.1 Å². The zero-order chi connectivity index (χ0) is 16.7. The first-order valence-corrected chi connectivity index (χ1v) is 8.04. The molecule has 0 radical (unpaired) electrons. The number of carbonyl (C=O) groups is 2. The molecule has 1 aromatic rings. The van der Waals surface area contributed by atoms with Crippen LogP contribution in [-0.2, 0) is 17.9 Å². The lowest BCUT2D eigenvalue weighted by Crippen LogP contribution is -2.34. The highest BCUT2D eigenvalue weighted by Crippen LogP contribution is 2.39. The molecule has 2 N–H and O–H groups in total. The van der Waals surface area contributed by atoms with Crippen molar-refractivity contribution in [2.24, 2.45) is 0 Å². The van der Waals surface area contributed by atoms with Crippen molar-refractivity contribution in [1.82, 2.24) is 9.80 Å². The third-order valence-corrected chi connectivity index (χ3v) is 4.80. The second-order valence-electron chi connectivity index (χ2n) is 6.14. The number of amides is 2. The number of aliphatic hydroxyl groups excluding tert-OH is 1. The predicted molar refractivity (Wildman–Crippen MR) is 84.1 cm³/mol. The molecule has 0 spiro atoms. The van der Waals surface area contributed by atoms with E-state index in [0.29, 0.717) is 24.7 Å². The molecule has 1 unspecified atom stereocenters. The lowest BCUT2D eigenvalue weighted by atomic mass is 9.96. The van der Waals surface area contributed by atoms with Crippen LogP contribution < -0.4 is 0 Å². The van der Waals surface area contributed by atoms with Crippen LogP contribution in [0.4, 0.5) is 4.79 Å². The van der Waals surface area contributed by atoms with Crippen molar-refractivity contribution in [2.75, 3.05) is 6.54 Å². The second kappa shape index (κ2) is 6.02. The van der Waals surface area contributed by atoms with Crippen LogP contribution >= 0.6 is 11.6 Å². The van der Waals surface area contributed by atoms with Crippen LogP contribution in [0.2, 0.25) is 5.02 Å². The summed E-state index contributed by atoms with van der Waals surface area (Å²) in [7, 11) is 0. The summed E-state index contributed by atoms with van der Waals surface area (Å²) in [6, 6.07) is 3.40. The highest BCUT2D eigenvalue weighted by molar-refractivity contribution is 6.30. The van der Waals surface area contributed by atoms with Crippen molar-refractivity contribution < 1.29 is 19.8 Å². The lowest BCUT2D eigenvalue weighted by molar-refractivity contribution is -0.139. The maximum absolute atomic E-state index is 12.0. The van der Waals surface area contributed by atoms with E-state index in [4.69, 9.17) is 11.6 Å². The average Bonchev–Trinajstić information content (AvgIpc) is 3.11. The van der Waals surface area contributed by atoms with Gasteiger partial charge in [-0.05, 0) is 48.6 Å². The minimum absolute atomic E-state index is 0.221. The van der Waals surface area contributed by atoms with E-state index in [2.05, 4.69) is 0 Å². The second-order valence-corrected chi connectivity index (χ2v) is 6.57. The molecule has 7 heteroatoms. The minimum Gasteiger partial charge on any atom is -0.465 e. The summed E-state index contributed by atoms with van der Waals surface area (Å²) in [6.45, 7) is 2.74. The summed E-state index contributed by atoms with van der Waals surface area (Å²) in [5.41, 5.74) is 2.77. The van der Waals surface area contributed by atoms with Crippen LogP contribution in [0.5, 0.6) is 0 Å². The van der Waals surface area contributed by atoms with Crippen molar-refractivity contribution in [2.45, 2.75) is 45.0 Å². The van der Waals surface area contributed by atoms with E-state index in [0.717, 1.165) is 29.5 Å². The minimum atomic E-state index is -1.05. The van der Waals surface area contributed by atoms with Gasteiger partial charge in [-0.2, -0.15) is 0 Å². The smallest absolute Gasteiger partial charge is 0.407 e. The van der Waals surface area contributed by atoms with Crippen molar-refractivity contribution in [3.63, 3.8) is 0 Å². The summed E-state index contributed by atoms with van der Waals surface area (Å²) < 4.78 is 0. The molecule has 3 rings (SSSR count). The van der Waals surface area contributed by atoms with Crippen molar-refractivity contribution in [1.29, 1.82) is 0 Å². The van der Waals surface area contributed by atoms with E-state index < -0.39 is 12.2 Å². The Morgan fingerprint density at radius 3 is 2.74 bits per heavy atom. The molecule has 2 heterocycles. The van der Waals surface area contributed by atoms with Gasteiger partial charge in [0, 0.05) is 24.7 Å². The van der Waals surface area contributed by atoms with Gasteiger partial charge in [0.05, 0.1) is 6.04 Å². The number of hydrogen-bond donors (Lipinski definition) is 2. The van der Waals surface area contributed by atoms with E-state index in [1.165, 1.54) is 11.8 Å². The summed E-state index contributed by atoms with van der Waals surface area (Å²) in [4.78, 5) is 26.5. The summed E-state index contributed by atoms with van der Waals surface area (Å²) in [5.74, 6) is -0.329. The molecule has 0 saturated carbocycles. The van der Waals surface area contributed by atoms with E-state index in [9.17, 15) is 19.8 Å². The number of carbonyl (C=O) groups excluding carboxylic acids is 1. The maximum atomic E-state index is 12.0. The van der Waals surface area contributed by atoms with Gasteiger partial charge in [0.2, 0.25) is 0 Å². The van der Waals surface area contributed by atoms with E-state index >= 15 is 0 Å². The number of fused-ring (bicyclic) bond motifs is 1. The molecule has 2 aliphatic heterocycles. The van der Waals surface area contributed by atoms with Crippen LogP contribution in [0.25, 0.3) is 0 Å². The highest BCUT2D eigenvalue weighted by atomic mass is 35.5. The molecule has 23 heavy (non-hydrogen) atoms. The Morgan fingerprint density at radius 1 is 1.35 bits per heavy atom. The third kappa shape index (κ3) is 2.88. The normalized spacial score (nSPS) is 21.4. The van der Waals surface area contributed by atoms with E-state index in [1.54, 1.807) is 4.90 Å². The predicted octanol–water partition coefficient (Wildman–Crippen LogP) is 2.38. The van der Waals surface area contributed by atoms with Gasteiger partial charge in [-0.3, -0.25) is 4.79 Å². The van der Waals surface area contributed by atoms with E-state index in [-0.39, 0.29) is 11.9 Å². The molecule has 1 saturated heterocycles. The van der Waals surface area contributed by atoms with Crippen LogP contribution in [0.15, 0.2) is 12.1 Å². The summed E-state index contributed by atoms with van der Waals surface area (Å²) in [6.07, 6.45) is -0.417. The molecule has 2 atom stereocenters. The SMILES string of the molecule is CC(O)C(=O)N1Cc2cc(Cl)cc([C@H]3CCCN3C(=O)O)c2C1. The molecule has 0 aliphatic carbocycles. The van der Waals surface area contributed by atoms with Crippen molar-refractivity contribution >= 4 is 23.6 Å². The average molecular weight is 339 g/mol. The fourth-order valence-electron chi connectivity index (χ4n) is 3.54. The molecule has 124 valence electrons. The number of halogens is 1. The lowest BCUT2D eigenvalue weighted by Gasteiger charge is -2.24. The van der Waals surface area contributed by atoms with Crippen molar-refractivity contribution in [3.8, 4) is 0 Å². The number of rotatable bonds is 2. The Hall–Kier alpha value is -1.79. The first-order chi connectivity index (χ1) is 10.9. The number of benzene rings is 1. The maximum Gasteiger partial charge on any atom is 0.407 e. The molecule has 2 aliphatic rings. The molecular formula is C16H19ClN2O4. The van der Waals surface area contributed by atoms with Gasteiger partial charge >= 0.3 is 6.09 Å². The number of hydrogen-bond acceptors (Lipinski definition) is 3.